The number of hydrogen-bond donors (Lipinski definition) is 1. The van der Waals surface area contributed by atoms with Crippen molar-refractivity contribution in [2.45, 2.75) is 18.9 Å². The number of amides is 1. The molecular weight excluding hydrogens is 324 g/mol. The van der Waals surface area contributed by atoms with Gasteiger partial charge in [-0.1, -0.05) is 12.1 Å². The number of hydrogen-bond acceptors (Lipinski definition) is 6. The van der Waals surface area contributed by atoms with Crippen molar-refractivity contribution in [3.05, 3.63) is 42.4 Å². The lowest BCUT2D eigenvalue weighted by Gasteiger charge is -2.11. The molecule has 3 aromatic rings. The van der Waals surface area contributed by atoms with Crippen molar-refractivity contribution in [3.8, 4) is 10.7 Å². The first-order chi connectivity index (χ1) is 11.8. The number of benzene rings is 1. The zero-order valence-corrected chi connectivity index (χ0v) is 13.8. The molecule has 1 amide bonds. The molecule has 1 saturated heterocycles. The molecule has 1 aliphatic rings. The standard InChI is InChI=1S/C17H16N4O2S/c22-16(20-10-11-4-3-9-23-11)14-15(19-8-7-18-14)17-21-12-5-1-2-6-13(12)24-17/h1-2,5-8,11H,3-4,9-10H2,(H,20,22). The highest BCUT2D eigenvalue weighted by Crippen LogP contribution is 2.30. The van der Waals surface area contributed by atoms with Gasteiger partial charge in [0.25, 0.3) is 5.91 Å². The van der Waals surface area contributed by atoms with Crippen LogP contribution in [0.2, 0.25) is 0 Å². The first kappa shape index (κ1) is 15.2. The molecule has 3 heterocycles. The van der Waals surface area contributed by atoms with E-state index in [1.54, 1.807) is 6.20 Å². The Kier molecular flexibility index (Phi) is 4.18. The van der Waals surface area contributed by atoms with Gasteiger partial charge < -0.3 is 10.1 Å². The van der Waals surface area contributed by atoms with Gasteiger partial charge in [-0.2, -0.15) is 0 Å². The molecule has 0 aliphatic carbocycles. The number of ether oxygens (including phenoxy) is 1. The minimum absolute atomic E-state index is 0.0940. The fraction of sp³-hybridized carbons (Fsp3) is 0.294. The quantitative estimate of drug-likeness (QED) is 0.790. The summed E-state index contributed by atoms with van der Waals surface area (Å²) in [5.41, 5.74) is 1.71. The summed E-state index contributed by atoms with van der Waals surface area (Å²) in [6.07, 6.45) is 5.22. The fourth-order valence-electron chi connectivity index (χ4n) is 2.73. The number of nitrogens with one attached hydrogen (secondary N) is 1. The zero-order chi connectivity index (χ0) is 16.4. The molecule has 1 unspecified atom stereocenters. The third-order valence-corrected chi connectivity index (χ3v) is 4.97. The third-order valence-electron chi connectivity index (χ3n) is 3.92. The molecule has 0 saturated carbocycles. The lowest BCUT2D eigenvalue weighted by atomic mass is 10.2. The first-order valence-electron chi connectivity index (χ1n) is 7.88. The van der Waals surface area contributed by atoms with E-state index in [-0.39, 0.29) is 12.0 Å². The lowest BCUT2D eigenvalue weighted by molar-refractivity contribution is 0.0854. The second kappa shape index (κ2) is 6.62. The molecule has 4 rings (SSSR count). The number of carbonyl (C=O) groups is 1. The molecule has 2 aromatic heterocycles. The van der Waals surface area contributed by atoms with Crippen LogP contribution in [0.3, 0.4) is 0 Å². The van der Waals surface area contributed by atoms with E-state index in [0.29, 0.717) is 22.9 Å². The Morgan fingerprint density at radius 2 is 2.17 bits per heavy atom. The van der Waals surface area contributed by atoms with Gasteiger partial charge in [0.2, 0.25) is 0 Å². The molecule has 1 aliphatic heterocycles. The summed E-state index contributed by atoms with van der Waals surface area (Å²) in [6, 6.07) is 7.86. The van der Waals surface area contributed by atoms with Crippen molar-refractivity contribution in [1.29, 1.82) is 0 Å². The Bertz CT molecular complexity index is 841. The highest BCUT2D eigenvalue weighted by atomic mass is 32.1. The van der Waals surface area contributed by atoms with Crippen LogP contribution in [0.4, 0.5) is 0 Å². The van der Waals surface area contributed by atoms with Gasteiger partial charge in [0.15, 0.2) is 5.69 Å². The number of carbonyl (C=O) groups excluding carboxylic acids is 1. The number of fused-ring (bicyclic) bond motifs is 1. The minimum atomic E-state index is -0.243. The lowest BCUT2D eigenvalue weighted by Crippen LogP contribution is -2.32. The molecule has 24 heavy (non-hydrogen) atoms. The van der Waals surface area contributed by atoms with E-state index in [2.05, 4.69) is 20.3 Å². The summed E-state index contributed by atoms with van der Waals surface area (Å²) in [5, 5.41) is 3.60. The molecule has 0 spiro atoms. The molecular formula is C17H16N4O2S. The summed E-state index contributed by atoms with van der Waals surface area (Å²) in [4.78, 5) is 25.7. The van der Waals surface area contributed by atoms with Crippen LogP contribution in [0.1, 0.15) is 23.3 Å². The highest BCUT2D eigenvalue weighted by Gasteiger charge is 2.21. The number of aromatic nitrogens is 3. The molecule has 6 nitrogen and oxygen atoms in total. The van der Waals surface area contributed by atoms with Crippen molar-refractivity contribution < 1.29 is 9.53 Å². The largest absolute Gasteiger partial charge is 0.376 e. The topological polar surface area (TPSA) is 77.0 Å². The Balaban J connectivity index is 1.60. The highest BCUT2D eigenvalue weighted by molar-refractivity contribution is 7.21. The second-order valence-electron chi connectivity index (χ2n) is 5.59. The summed E-state index contributed by atoms with van der Waals surface area (Å²) in [6.45, 7) is 1.26. The predicted octanol–water partition coefficient (Wildman–Crippen LogP) is 2.66. The maximum atomic E-state index is 12.5. The first-order valence-corrected chi connectivity index (χ1v) is 8.69. The van der Waals surface area contributed by atoms with Gasteiger partial charge in [-0.3, -0.25) is 4.79 Å². The molecule has 1 N–H and O–H groups in total. The van der Waals surface area contributed by atoms with Crippen LogP contribution in [0.25, 0.3) is 20.9 Å². The molecule has 122 valence electrons. The van der Waals surface area contributed by atoms with Gasteiger partial charge in [0.05, 0.1) is 16.3 Å². The van der Waals surface area contributed by atoms with Gasteiger partial charge in [-0.25, -0.2) is 15.0 Å². The molecule has 1 atom stereocenters. The molecule has 1 aromatic carbocycles. The molecule has 0 bridgehead atoms. The van der Waals surface area contributed by atoms with Gasteiger partial charge in [-0.15, -0.1) is 11.3 Å². The normalized spacial score (nSPS) is 17.2. The minimum Gasteiger partial charge on any atom is -0.376 e. The van der Waals surface area contributed by atoms with Crippen LogP contribution in [-0.2, 0) is 4.74 Å². The SMILES string of the molecule is O=C(NCC1CCCO1)c1nccnc1-c1nc2ccccc2s1. The summed E-state index contributed by atoms with van der Waals surface area (Å²) >= 11 is 1.51. The van der Waals surface area contributed by atoms with Gasteiger partial charge in [0, 0.05) is 25.5 Å². The second-order valence-corrected chi connectivity index (χ2v) is 6.62. The van der Waals surface area contributed by atoms with Crippen molar-refractivity contribution >= 4 is 27.5 Å². The number of para-hydroxylation sites is 1. The van der Waals surface area contributed by atoms with Crippen molar-refractivity contribution in [3.63, 3.8) is 0 Å². The Labute approximate surface area is 142 Å². The van der Waals surface area contributed by atoms with E-state index in [0.717, 1.165) is 29.7 Å². The van der Waals surface area contributed by atoms with Gasteiger partial charge >= 0.3 is 0 Å². The number of rotatable bonds is 4. The van der Waals surface area contributed by atoms with Crippen molar-refractivity contribution in [2.24, 2.45) is 0 Å². The number of thiazole rings is 1. The third kappa shape index (κ3) is 3.00. The van der Waals surface area contributed by atoms with E-state index >= 15 is 0 Å². The molecule has 7 heteroatoms. The predicted molar refractivity (Wildman–Crippen MR) is 92.0 cm³/mol. The maximum absolute atomic E-state index is 12.5. The average molecular weight is 340 g/mol. The zero-order valence-electron chi connectivity index (χ0n) is 12.9. The summed E-state index contributed by atoms with van der Waals surface area (Å²) < 4.78 is 6.59. The smallest absolute Gasteiger partial charge is 0.272 e. The fourth-order valence-corrected chi connectivity index (χ4v) is 3.69. The average Bonchev–Trinajstić information content (AvgIpc) is 3.29. The van der Waals surface area contributed by atoms with Gasteiger partial charge in [0.1, 0.15) is 10.7 Å². The van der Waals surface area contributed by atoms with E-state index < -0.39 is 0 Å². The van der Waals surface area contributed by atoms with Gasteiger partial charge in [-0.05, 0) is 25.0 Å². The Hall–Kier alpha value is -2.38. The van der Waals surface area contributed by atoms with Crippen molar-refractivity contribution in [1.82, 2.24) is 20.3 Å². The van der Waals surface area contributed by atoms with Crippen LogP contribution < -0.4 is 5.32 Å². The van der Waals surface area contributed by atoms with Crippen LogP contribution in [0.15, 0.2) is 36.7 Å². The summed E-state index contributed by atoms with van der Waals surface area (Å²) in [7, 11) is 0. The maximum Gasteiger partial charge on any atom is 0.272 e. The Morgan fingerprint density at radius 3 is 3.00 bits per heavy atom. The van der Waals surface area contributed by atoms with Crippen molar-refractivity contribution in [2.75, 3.05) is 13.2 Å². The monoisotopic (exact) mass is 340 g/mol. The van der Waals surface area contributed by atoms with E-state index in [9.17, 15) is 4.79 Å². The van der Waals surface area contributed by atoms with E-state index in [1.807, 2.05) is 24.3 Å². The number of nitrogens with zero attached hydrogens (tertiary/aromatic N) is 3. The molecule has 1 fully saturated rings. The van der Waals surface area contributed by atoms with Crippen LogP contribution in [0, 0.1) is 0 Å². The molecule has 0 radical (unpaired) electrons. The van der Waals surface area contributed by atoms with Crippen LogP contribution >= 0.6 is 11.3 Å². The van der Waals surface area contributed by atoms with Crippen LogP contribution in [-0.4, -0.2) is 40.1 Å². The van der Waals surface area contributed by atoms with E-state index in [4.69, 9.17) is 4.74 Å². The van der Waals surface area contributed by atoms with E-state index in [1.165, 1.54) is 17.5 Å². The summed E-state index contributed by atoms with van der Waals surface area (Å²) in [5.74, 6) is -0.243. The Morgan fingerprint density at radius 1 is 1.29 bits per heavy atom. The van der Waals surface area contributed by atoms with Crippen LogP contribution in [0.5, 0.6) is 0 Å².